The van der Waals surface area contributed by atoms with Crippen LogP contribution in [0.4, 0.5) is 0 Å². The first-order chi connectivity index (χ1) is 14.2. The maximum Gasteiger partial charge on any atom is 0.310 e. The molecule has 1 aliphatic heterocycles. The molecule has 1 atom stereocenters. The van der Waals surface area contributed by atoms with Gasteiger partial charge in [-0.05, 0) is 25.0 Å². The van der Waals surface area contributed by atoms with Crippen molar-refractivity contribution in [1.29, 1.82) is 0 Å². The summed E-state index contributed by atoms with van der Waals surface area (Å²) >= 11 is 12.1. The third kappa shape index (κ3) is 4.78. The molecule has 1 fully saturated rings. The number of ether oxygens (including phenoxy) is 1. The fourth-order valence-corrected chi connectivity index (χ4v) is 5.88. The molecule has 7 nitrogen and oxygen atoms in total. The monoisotopic (exact) mass is 470 g/mol. The summed E-state index contributed by atoms with van der Waals surface area (Å²) in [5, 5.41) is 0.0763. The zero-order chi connectivity index (χ0) is 21.9. The fourth-order valence-electron chi connectivity index (χ4n) is 3.32. The Hall–Kier alpha value is -2.13. The Morgan fingerprint density at radius 1 is 1.00 bits per heavy atom. The smallest absolute Gasteiger partial charge is 0.310 e. The van der Waals surface area contributed by atoms with Crippen LogP contribution in [0.3, 0.4) is 0 Å². The lowest BCUT2D eigenvalue weighted by Crippen LogP contribution is -2.41. The average molecular weight is 471 g/mol. The number of hydrogen-bond acceptors (Lipinski definition) is 5. The molecule has 30 heavy (non-hydrogen) atoms. The number of carbonyl (C=O) groups excluding carboxylic acids is 2. The third-order valence-electron chi connectivity index (χ3n) is 4.90. The van der Waals surface area contributed by atoms with Crippen molar-refractivity contribution in [3.05, 3.63) is 64.1 Å². The van der Waals surface area contributed by atoms with Crippen molar-refractivity contribution in [2.24, 2.45) is 11.7 Å². The molecule has 1 unspecified atom stereocenters. The second-order valence-electron chi connectivity index (χ2n) is 6.86. The number of amides is 1. The summed E-state index contributed by atoms with van der Waals surface area (Å²) in [4.78, 5) is 24.2. The van der Waals surface area contributed by atoms with E-state index in [1.54, 1.807) is 36.4 Å². The quantitative estimate of drug-likeness (QED) is 0.652. The van der Waals surface area contributed by atoms with Crippen molar-refractivity contribution >= 4 is 45.1 Å². The molecular formula is C20H20Cl2N2O5S. The number of piperidine rings is 1. The van der Waals surface area contributed by atoms with Crippen molar-refractivity contribution < 1.29 is 22.7 Å². The lowest BCUT2D eigenvalue weighted by Gasteiger charge is -2.31. The Bertz CT molecular complexity index is 1020. The standard InChI is InChI=1S/C20H20Cl2N2O5S/c21-15-7-4-8-16(22)18(15)30(27,28)24-11-9-14(10-12-24)20(26)29-17(19(23)25)13-5-2-1-3-6-13/h1-8,14,17H,9-12H2,(H2,23,25). The maximum absolute atomic E-state index is 12.9. The number of nitrogens with two attached hydrogens (primary N) is 1. The molecule has 0 saturated carbocycles. The van der Waals surface area contributed by atoms with E-state index in [-0.39, 0.29) is 40.9 Å². The first-order valence-electron chi connectivity index (χ1n) is 9.20. The van der Waals surface area contributed by atoms with E-state index in [2.05, 4.69) is 0 Å². The van der Waals surface area contributed by atoms with Crippen LogP contribution in [0.5, 0.6) is 0 Å². The summed E-state index contributed by atoms with van der Waals surface area (Å²) in [5.41, 5.74) is 5.87. The number of esters is 1. The van der Waals surface area contributed by atoms with Crippen LogP contribution >= 0.6 is 23.2 Å². The number of nitrogens with zero attached hydrogens (tertiary/aromatic N) is 1. The van der Waals surface area contributed by atoms with Gasteiger partial charge in [0.15, 0.2) is 0 Å². The zero-order valence-corrected chi connectivity index (χ0v) is 18.2. The van der Waals surface area contributed by atoms with Gasteiger partial charge in [-0.15, -0.1) is 0 Å². The summed E-state index contributed by atoms with van der Waals surface area (Å²) in [6, 6.07) is 13.0. The lowest BCUT2D eigenvalue weighted by atomic mass is 9.98. The van der Waals surface area contributed by atoms with Gasteiger partial charge in [0.2, 0.25) is 16.1 Å². The van der Waals surface area contributed by atoms with E-state index < -0.39 is 33.9 Å². The molecule has 0 aromatic heterocycles. The summed E-state index contributed by atoms with van der Waals surface area (Å²) < 4.78 is 32.5. The van der Waals surface area contributed by atoms with Crippen molar-refractivity contribution in [2.75, 3.05) is 13.1 Å². The largest absolute Gasteiger partial charge is 0.447 e. The number of carbonyl (C=O) groups is 2. The minimum atomic E-state index is -3.91. The highest BCUT2D eigenvalue weighted by Gasteiger charge is 2.36. The van der Waals surface area contributed by atoms with Gasteiger partial charge in [0.1, 0.15) is 4.90 Å². The topological polar surface area (TPSA) is 107 Å². The van der Waals surface area contributed by atoms with Crippen LogP contribution in [-0.4, -0.2) is 37.7 Å². The first kappa shape index (κ1) is 22.6. The summed E-state index contributed by atoms with van der Waals surface area (Å²) in [5.74, 6) is -1.91. The van der Waals surface area contributed by atoms with Crippen LogP contribution in [0, 0.1) is 5.92 Å². The Kier molecular flexibility index (Phi) is 7.02. The zero-order valence-electron chi connectivity index (χ0n) is 15.8. The van der Waals surface area contributed by atoms with Crippen molar-refractivity contribution in [3.63, 3.8) is 0 Å². The number of halogens is 2. The molecule has 0 bridgehead atoms. The van der Waals surface area contributed by atoms with Crippen LogP contribution in [0.1, 0.15) is 24.5 Å². The van der Waals surface area contributed by atoms with Gasteiger partial charge in [0, 0.05) is 18.7 Å². The molecule has 10 heteroatoms. The predicted molar refractivity (Wildman–Crippen MR) is 112 cm³/mol. The van der Waals surface area contributed by atoms with Crippen LogP contribution in [0.2, 0.25) is 10.0 Å². The SMILES string of the molecule is NC(=O)C(OC(=O)C1CCN(S(=O)(=O)c2c(Cl)cccc2Cl)CC1)c1ccccc1. The van der Waals surface area contributed by atoms with E-state index >= 15 is 0 Å². The molecule has 160 valence electrons. The highest BCUT2D eigenvalue weighted by molar-refractivity contribution is 7.89. The van der Waals surface area contributed by atoms with Crippen LogP contribution in [0.25, 0.3) is 0 Å². The fraction of sp³-hybridized carbons (Fsp3) is 0.300. The highest BCUT2D eigenvalue weighted by Crippen LogP contribution is 2.34. The Morgan fingerprint density at radius 3 is 2.10 bits per heavy atom. The van der Waals surface area contributed by atoms with Gasteiger partial charge in [-0.3, -0.25) is 9.59 Å². The molecule has 3 rings (SSSR count). The van der Waals surface area contributed by atoms with Crippen molar-refractivity contribution in [1.82, 2.24) is 4.31 Å². The molecule has 1 heterocycles. The van der Waals surface area contributed by atoms with Crippen molar-refractivity contribution in [2.45, 2.75) is 23.8 Å². The van der Waals surface area contributed by atoms with E-state index in [1.165, 1.54) is 16.4 Å². The van der Waals surface area contributed by atoms with Gasteiger partial charge in [-0.1, -0.05) is 59.6 Å². The highest BCUT2D eigenvalue weighted by atomic mass is 35.5. The number of benzene rings is 2. The Morgan fingerprint density at radius 2 is 1.57 bits per heavy atom. The van der Waals surface area contributed by atoms with E-state index in [0.29, 0.717) is 5.56 Å². The minimum Gasteiger partial charge on any atom is -0.447 e. The Balaban J connectivity index is 1.68. The molecule has 2 aromatic carbocycles. The minimum absolute atomic E-state index is 0.0381. The summed E-state index contributed by atoms with van der Waals surface area (Å²) in [7, 11) is -3.91. The van der Waals surface area contributed by atoms with Gasteiger partial charge in [-0.25, -0.2) is 8.42 Å². The summed E-state index contributed by atoms with van der Waals surface area (Å²) in [6.45, 7) is 0.187. The molecule has 1 amide bonds. The predicted octanol–water partition coefficient (Wildman–Crippen LogP) is 3.16. The number of sulfonamides is 1. The van der Waals surface area contributed by atoms with E-state index in [1.807, 2.05) is 0 Å². The van der Waals surface area contributed by atoms with Gasteiger partial charge < -0.3 is 10.5 Å². The second-order valence-corrected chi connectivity index (χ2v) is 9.55. The first-order valence-corrected chi connectivity index (χ1v) is 11.4. The van der Waals surface area contributed by atoms with Gasteiger partial charge in [0.05, 0.1) is 16.0 Å². The molecule has 0 radical (unpaired) electrons. The van der Waals surface area contributed by atoms with Crippen molar-refractivity contribution in [3.8, 4) is 0 Å². The molecule has 2 aromatic rings. The molecule has 0 spiro atoms. The third-order valence-corrected chi connectivity index (χ3v) is 7.75. The second kappa shape index (κ2) is 9.34. The average Bonchev–Trinajstić information content (AvgIpc) is 2.72. The van der Waals surface area contributed by atoms with Crippen LogP contribution in [-0.2, 0) is 24.3 Å². The Labute approximate surface area is 184 Å². The molecule has 2 N–H and O–H groups in total. The lowest BCUT2D eigenvalue weighted by molar-refractivity contribution is -0.160. The molecule has 1 aliphatic rings. The van der Waals surface area contributed by atoms with Gasteiger partial charge in [0.25, 0.3) is 5.91 Å². The molecule has 1 saturated heterocycles. The number of rotatable bonds is 6. The maximum atomic E-state index is 12.9. The van der Waals surface area contributed by atoms with Gasteiger partial charge in [-0.2, -0.15) is 4.31 Å². The molecule has 0 aliphatic carbocycles. The van der Waals surface area contributed by atoms with E-state index in [0.717, 1.165) is 0 Å². The number of primary amides is 1. The van der Waals surface area contributed by atoms with E-state index in [9.17, 15) is 18.0 Å². The van der Waals surface area contributed by atoms with Crippen LogP contribution < -0.4 is 5.73 Å². The number of hydrogen-bond donors (Lipinski definition) is 1. The van der Waals surface area contributed by atoms with Gasteiger partial charge >= 0.3 is 5.97 Å². The summed E-state index contributed by atoms with van der Waals surface area (Å²) in [6.07, 6.45) is -0.719. The van der Waals surface area contributed by atoms with E-state index in [4.69, 9.17) is 33.7 Å². The normalized spacial score (nSPS) is 16.7. The molecular weight excluding hydrogens is 451 g/mol. The van der Waals surface area contributed by atoms with Crippen LogP contribution in [0.15, 0.2) is 53.4 Å².